The van der Waals surface area contributed by atoms with Crippen molar-refractivity contribution in [2.75, 3.05) is 4.72 Å². The highest BCUT2D eigenvalue weighted by Crippen LogP contribution is 2.31. The smallest absolute Gasteiger partial charge is 0.258 e. The zero-order valence-corrected chi connectivity index (χ0v) is 15.7. The van der Waals surface area contributed by atoms with Crippen molar-refractivity contribution in [1.29, 1.82) is 0 Å². The molecule has 0 aliphatic carbocycles. The fraction of sp³-hybridized carbons (Fsp3) is 0.0625. The Morgan fingerprint density at radius 1 is 1.23 bits per heavy atom. The molecule has 1 N–H and O–H groups in total. The molecule has 0 saturated carbocycles. The molecule has 10 heteroatoms. The Labute approximate surface area is 158 Å². The number of nitrogens with zero attached hydrogens (tertiary/aromatic N) is 2. The largest absolute Gasteiger partial charge is 0.291 e. The minimum absolute atomic E-state index is 0.0757. The van der Waals surface area contributed by atoms with Gasteiger partial charge in [-0.25, -0.2) is 13.4 Å². The molecule has 0 spiro atoms. The third-order valence-corrected chi connectivity index (χ3v) is 6.06. The highest BCUT2D eigenvalue weighted by Gasteiger charge is 2.27. The zero-order valence-electron chi connectivity index (χ0n) is 13.3. The van der Waals surface area contributed by atoms with Gasteiger partial charge in [0, 0.05) is 22.0 Å². The SMILES string of the molecule is Cc1ccccc1-c1csc(NS(=O)(=O)c2ccc(Cl)cc2[N+](=O)[O-])n1. The maximum absolute atomic E-state index is 12.6. The van der Waals surface area contributed by atoms with E-state index >= 15 is 0 Å². The Hall–Kier alpha value is -2.49. The van der Waals surface area contributed by atoms with Gasteiger partial charge in [0.2, 0.25) is 0 Å². The summed E-state index contributed by atoms with van der Waals surface area (Å²) in [6.45, 7) is 1.93. The van der Waals surface area contributed by atoms with Crippen LogP contribution in [0.4, 0.5) is 10.8 Å². The van der Waals surface area contributed by atoms with E-state index in [1.165, 1.54) is 6.07 Å². The van der Waals surface area contributed by atoms with Gasteiger partial charge in [-0.2, -0.15) is 0 Å². The second kappa shape index (κ2) is 7.02. The maximum Gasteiger partial charge on any atom is 0.291 e. The number of nitro benzene ring substituents is 1. The standard InChI is InChI=1S/C16H12ClN3O4S2/c1-10-4-2-3-5-12(10)13-9-25-16(18-13)19-26(23,24)15-7-6-11(17)8-14(15)20(21)22/h2-9H,1H3,(H,18,19). The second-order valence-electron chi connectivity index (χ2n) is 5.33. The van der Waals surface area contributed by atoms with Gasteiger partial charge in [0.15, 0.2) is 10.0 Å². The summed E-state index contributed by atoms with van der Waals surface area (Å²) >= 11 is 6.82. The highest BCUT2D eigenvalue weighted by molar-refractivity contribution is 7.93. The van der Waals surface area contributed by atoms with Crippen molar-refractivity contribution in [3.8, 4) is 11.3 Å². The summed E-state index contributed by atoms with van der Waals surface area (Å²) in [7, 11) is -4.19. The number of anilines is 1. The number of rotatable bonds is 5. The Kier molecular flexibility index (Phi) is 4.94. The fourth-order valence-electron chi connectivity index (χ4n) is 2.33. The maximum atomic E-state index is 12.6. The quantitative estimate of drug-likeness (QED) is 0.494. The molecule has 0 bridgehead atoms. The van der Waals surface area contributed by atoms with E-state index in [2.05, 4.69) is 9.71 Å². The predicted octanol–water partition coefficient (Wildman–Crippen LogP) is 4.48. The van der Waals surface area contributed by atoms with Crippen LogP contribution in [0.15, 0.2) is 52.7 Å². The Morgan fingerprint density at radius 3 is 2.65 bits per heavy atom. The van der Waals surface area contributed by atoms with Crippen LogP contribution in [0.25, 0.3) is 11.3 Å². The molecule has 134 valence electrons. The topological polar surface area (TPSA) is 102 Å². The summed E-state index contributed by atoms with van der Waals surface area (Å²) in [5.41, 5.74) is 1.91. The van der Waals surface area contributed by atoms with Crippen LogP contribution >= 0.6 is 22.9 Å². The first kappa shape index (κ1) is 18.3. The number of nitro groups is 1. The van der Waals surface area contributed by atoms with Gasteiger partial charge in [-0.15, -0.1) is 11.3 Å². The Bertz CT molecular complexity index is 1100. The average Bonchev–Trinajstić information content (AvgIpc) is 3.02. The van der Waals surface area contributed by atoms with Crippen LogP contribution in [0.5, 0.6) is 0 Å². The third kappa shape index (κ3) is 3.69. The lowest BCUT2D eigenvalue weighted by Gasteiger charge is -2.06. The van der Waals surface area contributed by atoms with Crippen molar-refractivity contribution >= 4 is 43.8 Å². The molecule has 0 atom stereocenters. The van der Waals surface area contributed by atoms with Crippen molar-refractivity contribution in [3.05, 3.63) is 68.5 Å². The van der Waals surface area contributed by atoms with E-state index < -0.39 is 25.5 Å². The molecule has 3 aromatic rings. The van der Waals surface area contributed by atoms with Crippen LogP contribution in [0.2, 0.25) is 5.02 Å². The van der Waals surface area contributed by atoms with Crippen molar-refractivity contribution in [1.82, 2.24) is 4.98 Å². The first-order valence-corrected chi connectivity index (χ1v) is 10.0. The summed E-state index contributed by atoms with van der Waals surface area (Å²) < 4.78 is 27.4. The number of sulfonamides is 1. The van der Waals surface area contributed by atoms with E-state index in [0.717, 1.165) is 34.6 Å². The molecule has 0 unspecified atom stereocenters. The van der Waals surface area contributed by atoms with Gasteiger partial charge in [0.25, 0.3) is 15.7 Å². The summed E-state index contributed by atoms with van der Waals surface area (Å²) in [5, 5.41) is 13.1. The minimum Gasteiger partial charge on any atom is -0.258 e. The van der Waals surface area contributed by atoms with E-state index in [1.54, 1.807) is 5.38 Å². The van der Waals surface area contributed by atoms with Gasteiger partial charge in [0.1, 0.15) is 0 Å². The van der Waals surface area contributed by atoms with E-state index in [9.17, 15) is 18.5 Å². The summed E-state index contributed by atoms with van der Waals surface area (Å²) in [4.78, 5) is 14.2. The molecule has 7 nitrogen and oxygen atoms in total. The number of thiazole rings is 1. The highest BCUT2D eigenvalue weighted by atomic mass is 35.5. The average molecular weight is 410 g/mol. The summed E-state index contributed by atoms with van der Waals surface area (Å²) in [5.74, 6) is 0. The van der Waals surface area contributed by atoms with Gasteiger partial charge < -0.3 is 0 Å². The molecular weight excluding hydrogens is 398 g/mol. The van der Waals surface area contributed by atoms with Gasteiger partial charge in [-0.1, -0.05) is 35.9 Å². The first-order chi connectivity index (χ1) is 12.3. The van der Waals surface area contributed by atoms with Gasteiger partial charge in [-0.3, -0.25) is 14.8 Å². The number of aromatic nitrogens is 1. The van der Waals surface area contributed by atoms with Crippen LogP contribution in [0.3, 0.4) is 0 Å². The summed E-state index contributed by atoms with van der Waals surface area (Å²) in [6, 6.07) is 10.9. The number of hydrogen-bond donors (Lipinski definition) is 1. The Balaban J connectivity index is 1.95. The molecule has 0 amide bonds. The lowest BCUT2D eigenvalue weighted by molar-refractivity contribution is -0.387. The number of aryl methyl sites for hydroxylation is 1. The van der Waals surface area contributed by atoms with E-state index in [0.29, 0.717) is 5.69 Å². The number of benzene rings is 2. The molecule has 26 heavy (non-hydrogen) atoms. The lowest BCUT2D eigenvalue weighted by Crippen LogP contribution is -2.14. The van der Waals surface area contributed by atoms with E-state index in [4.69, 9.17) is 11.6 Å². The van der Waals surface area contributed by atoms with Crippen LogP contribution < -0.4 is 4.72 Å². The fourth-order valence-corrected chi connectivity index (χ4v) is 4.62. The molecule has 0 aliphatic heterocycles. The van der Waals surface area contributed by atoms with Crippen LogP contribution in [-0.4, -0.2) is 18.3 Å². The third-order valence-electron chi connectivity index (χ3n) is 3.55. The van der Waals surface area contributed by atoms with Crippen molar-refractivity contribution in [2.45, 2.75) is 11.8 Å². The lowest BCUT2D eigenvalue weighted by atomic mass is 10.1. The monoisotopic (exact) mass is 409 g/mol. The van der Waals surface area contributed by atoms with Crippen molar-refractivity contribution in [2.24, 2.45) is 0 Å². The van der Waals surface area contributed by atoms with Crippen molar-refractivity contribution in [3.63, 3.8) is 0 Å². The molecule has 3 rings (SSSR count). The normalized spacial score (nSPS) is 11.3. The van der Waals surface area contributed by atoms with Gasteiger partial charge >= 0.3 is 0 Å². The van der Waals surface area contributed by atoms with Gasteiger partial charge in [-0.05, 0) is 24.6 Å². The number of hydrogen-bond acceptors (Lipinski definition) is 6. The minimum atomic E-state index is -4.19. The summed E-state index contributed by atoms with van der Waals surface area (Å²) in [6.07, 6.45) is 0. The van der Waals surface area contributed by atoms with Crippen LogP contribution in [0, 0.1) is 17.0 Å². The number of halogens is 1. The van der Waals surface area contributed by atoms with Crippen LogP contribution in [-0.2, 0) is 10.0 Å². The zero-order chi connectivity index (χ0) is 18.9. The molecule has 1 heterocycles. The second-order valence-corrected chi connectivity index (χ2v) is 8.27. The molecule has 0 saturated heterocycles. The first-order valence-electron chi connectivity index (χ1n) is 7.26. The molecule has 0 fully saturated rings. The predicted molar refractivity (Wildman–Crippen MR) is 101 cm³/mol. The van der Waals surface area contributed by atoms with Crippen LogP contribution in [0.1, 0.15) is 5.56 Å². The van der Waals surface area contributed by atoms with E-state index in [1.807, 2.05) is 31.2 Å². The molecule has 1 aromatic heterocycles. The molecule has 0 aliphatic rings. The number of nitrogens with one attached hydrogen (secondary N) is 1. The Morgan fingerprint density at radius 2 is 1.96 bits per heavy atom. The molecule has 0 radical (unpaired) electrons. The van der Waals surface area contributed by atoms with Crippen molar-refractivity contribution < 1.29 is 13.3 Å². The molecule has 2 aromatic carbocycles. The van der Waals surface area contributed by atoms with Gasteiger partial charge in [0.05, 0.1) is 10.6 Å². The molecular formula is C16H12ClN3O4S2. The van der Waals surface area contributed by atoms with E-state index in [-0.39, 0.29) is 10.2 Å².